The highest BCUT2D eigenvalue weighted by molar-refractivity contribution is 7.89. The van der Waals surface area contributed by atoms with E-state index >= 15 is 0 Å². The Kier molecular flexibility index (Phi) is 3.63. The lowest BCUT2D eigenvalue weighted by Gasteiger charge is -2.10. The molecule has 1 saturated heterocycles. The molecule has 1 unspecified atom stereocenters. The molecule has 90 valence electrons. The molecule has 0 aromatic carbocycles. The smallest absolute Gasteiger partial charge is 0.213 e. The topological polar surface area (TPSA) is 71.3 Å². The number of nitrogens with one attached hydrogen (secondary N) is 2. The summed E-state index contributed by atoms with van der Waals surface area (Å²) >= 11 is 0. The highest BCUT2D eigenvalue weighted by Crippen LogP contribution is 2.07. The van der Waals surface area contributed by atoms with Gasteiger partial charge in [0.2, 0.25) is 10.0 Å². The Labute approximate surface area is 95.3 Å². The second-order valence-corrected chi connectivity index (χ2v) is 5.83. The molecule has 0 amide bonds. The molecule has 0 bridgehead atoms. The van der Waals surface area contributed by atoms with Gasteiger partial charge in [-0.05, 0) is 31.5 Å². The third kappa shape index (κ3) is 3.33. The minimum atomic E-state index is -3.21. The van der Waals surface area contributed by atoms with Gasteiger partial charge in [-0.3, -0.25) is 0 Å². The van der Waals surface area contributed by atoms with Gasteiger partial charge in [-0.2, -0.15) is 0 Å². The molecule has 1 aliphatic rings. The van der Waals surface area contributed by atoms with Crippen LogP contribution < -0.4 is 10.0 Å². The zero-order valence-corrected chi connectivity index (χ0v) is 9.79. The third-order valence-corrected chi connectivity index (χ3v) is 4.05. The van der Waals surface area contributed by atoms with Gasteiger partial charge in [0.25, 0.3) is 0 Å². The molecule has 1 aromatic rings. The predicted molar refractivity (Wildman–Crippen MR) is 60.4 cm³/mol. The number of hydrogen-bond donors (Lipinski definition) is 2. The van der Waals surface area contributed by atoms with E-state index in [0.717, 1.165) is 19.4 Å². The van der Waals surface area contributed by atoms with Crippen molar-refractivity contribution < 1.29 is 12.8 Å². The van der Waals surface area contributed by atoms with Crippen LogP contribution in [0.15, 0.2) is 22.8 Å². The molecule has 2 N–H and O–H groups in total. The van der Waals surface area contributed by atoms with Crippen molar-refractivity contribution in [1.29, 1.82) is 0 Å². The van der Waals surface area contributed by atoms with Gasteiger partial charge in [-0.1, -0.05) is 0 Å². The molecule has 6 heteroatoms. The highest BCUT2D eigenvalue weighted by Gasteiger charge is 2.21. The van der Waals surface area contributed by atoms with E-state index in [2.05, 4.69) is 10.0 Å². The Morgan fingerprint density at radius 1 is 1.56 bits per heavy atom. The fraction of sp³-hybridized carbons (Fsp3) is 0.600. The van der Waals surface area contributed by atoms with E-state index in [-0.39, 0.29) is 18.3 Å². The zero-order chi connectivity index (χ0) is 11.4. The highest BCUT2D eigenvalue weighted by atomic mass is 32.2. The Morgan fingerprint density at radius 3 is 3.06 bits per heavy atom. The minimum Gasteiger partial charge on any atom is -0.468 e. The summed E-state index contributed by atoms with van der Waals surface area (Å²) in [5, 5.41) is 3.16. The average Bonchev–Trinajstić information content (AvgIpc) is 2.85. The molecule has 0 saturated carbocycles. The van der Waals surface area contributed by atoms with Crippen LogP contribution in [0.5, 0.6) is 0 Å². The first-order valence-corrected chi connectivity index (χ1v) is 7.04. The third-order valence-electron chi connectivity index (χ3n) is 2.63. The largest absolute Gasteiger partial charge is 0.468 e. The molecular weight excluding hydrogens is 228 g/mol. The van der Waals surface area contributed by atoms with Crippen LogP contribution in [0, 0.1) is 0 Å². The fourth-order valence-electron chi connectivity index (χ4n) is 1.82. The molecule has 0 spiro atoms. The Morgan fingerprint density at radius 2 is 2.44 bits per heavy atom. The van der Waals surface area contributed by atoms with Crippen LogP contribution in [0.25, 0.3) is 0 Å². The molecule has 1 fully saturated rings. The van der Waals surface area contributed by atoms with Crippen molar-refractivity contribution in [2.24, 2.45) is 0 Å². The van der Waals surface area contributed by atoms with Crippen molar-refractivity contribution >= 4 is 10.0 Å². The van der Waals surface area contributed by atoms with Gasteiger partial charge in [-0.15, -0.1) is 0 Å². The lowest BCUT2D eigenvalue weighted by Crippen LogP contribution is -2.36. The van der Waals surface area contributed by atoms with Gasteiger partial charge in [0.15, 0.2) is 0 Å². The van der Waals surface area contributed by atoms with E-state index in [4.69, 9.17) is 4.42 Å². The number of rotatable bonds is 5. The number of hydrogen-bond acceptors (Lipinski definition) is 4. The molecule has 2 heterocycles. The molecule has 2 rings (SSSR count). The van der Waals surface area contributed by atoms with Crippen LogP contribution in [-0.4, -0.2) is 26.8 Å². The van der Waals surface area contributed by atoms with Gasteiger partial charge in [0.1, 0.15) is 5.76 Å². The second kappa shape index (κ2) is 4.99. The molecule has 1 atom stereocenters. The zero-order valence-electron chi connectivity index (χ0n) is 8.98. The minimum absolute atomic E-state index is 0.0918. The maximum absolute atomic E-state index is 11.7. The van der Waals surface area contributed by atoms with Crippen molar-refractivity contribution in [2.45, 2.75) is 25.4 Å². The maximum Gasteiger partial charge on any atom is 0.213 e. The van der Waals surface area contributed by atoms with Gasteiger partial charge in [0, 0.05) is 6.04 Å². The summed E-state index contributed by atoms with van der Waals surface area (Å²) in [6.07, 6.45) is 3.52. The first kappa shape index (κ1) is 11.6. The van der Waals surface area contributed by atoms with Crippen LogP contribution in [0.4, 0.5) is 0 Å². The summed E-state index contributed by atoms with van der Waals surface area (Å²) < 4.78 is 31.0. The maximum atomic E-state index is 11.7. The van der Waals surface area contributed by atoms with Crippen LogP contribution in [0.2, 0.25) is 0 Å². The van der Waals surface area contributed by atoms with Crippen molar-refractivity contribution in [3.05, 3.63) is 24.2 Å². The number of furan rings is 1. The lowest BCUT2D eigenvalue weighted by molar-refractivity contribution is 0.497. The molecular formula is C10H16N2O3S. The summed E-state index contributed by atoms with van der Waals surface area (Å²) in [6, 6.07) is 3.58. The van der Waals surface area contributed by atoms with E-state index in [0.29, 0.717) is 5.76 Å². The molecule has 1 aromatic heterocycles. The summed E-state index contributed by atoms with van der Waals surface area (Å²) in [7, 11) is -3.21. The summed E-state index contributed by atoms with van der Waals surface area (Å²) in [5.74, 6) is 0.774. The first-order valence-electron chi connectivity index (χ1n) is 5.39. The Balaban J connectivity index is 1.82. The Hall–Kier alpha value is -0.850. The van der Waals surface area contributed by atoms with Crippen molar-refractivity contribution in [1.82, 2.24) is 10.0 Å². The van der Waals surface area contributed by atoms with E-state index in [9.17, 15) is 8.42 Å². The summed E-state index contributed by atoms with van der Waals surface area (Å²) in [4.78, 5) is 0. The Bertz CT molecular complexity index is 407. The molecule has 5 nitrogen and oxygen atoms in total. The van der Waals surface area contributed by atoms with E-state index in [1.807, 2.05) is 0 Å². The molecule has 0 radical (unpaired) electrons. The molecule has 1 aliphatic heterocycles. The fourth-order valence-corrected chi connectivity index (χ4v) is 3.11. The van der Waals surface area contributed by atoms with Crippen LogP contribution in [-0.2, 0) is 16.6 Å². The quantitative estimate of drug-likeness (QED) is 0.789. The first-order chi connectivity index (χ1) is 7.66. The monoisotopic (exact) mass is 244 g/mol. The summed E-state index contributed by atoms with van der Waals surface area (Å²) in [5.41, 5.74) is 0. The molecule has 0 aliphatic carbocycles. The van der Waals surface area contributed by atoms with Crippen molar-refractivity contribution in [2.75, 3.05) is 12.3 Å². The van der Waals surface area contributed by atoms with Gasteiger partial charge >= 0.3 is 0 Å². The van der Waals surface area contributed by atoms with Gasteiger partial charge < -0.3 is 9.73 Å². The van der Waals surface area contributed by atoms with Crippen molar-refractivity contribution in [3.63, 3.8) is 0 Å². The number of sulfonamides is 1. The van der Waals surface area contributed by atoms with Crippen LogP contribution in [0.1, 0.15) is 18.6 Å². The van der Waals surface area contributed by atoms with Gasteiger partial charge in [0.05, 0.1) is 18.6 Å². The standard InChI is InChI=1S/C10H16N2O3S/c13-16(14,8-9-3-1-5-11-9)12-7-10-4-2-6-15-10/h2,4,6,9,11-12H,1,3,5,7-8H2. The molecule has 16 heavy (non-hydrogen) atoms. The summed E-state index contributed by atoms with van der Waals surface area (Å²) in [6.45, 7) is 1.14. The van der Waals surface area contributed by atoms with Crippen LogP contribution in [0.3, 0.4) is 0 Å². The van der Waals surface area contributed by atoms with Crippen molar-refractivity contribution in [3.8, 4) is 0 Å². The van der Waals surface area contributed by atoms with Gasteiger partial charge in [-0.25, -0.2) is 13.1 Å². The van der Waals surface area contributed by atoms with E-state index in [1.165, 1.54) is 6.26 Å². The normalized spacial score (nSPS) is 21.4. The predicted octanol–water partition coefficient (Wildman–Crippen LogP) is 0.451. The average molecular weight is 244 g/mol. The SMILES string of the molecule is O=S(=O)(CC1CCCN1)NCc1ccco1. The second-order valence-electron chi connectivity index (χ2n) is 3.98. The van der Waals surface area contributed by atoms with E-state index in [1.54, 1.807) is 12.1 Å². The van der Waals surface area contributed by atoms with Crippen LogP contribution >= 0.6 is 0 Å². The lowest BCUT2D eigenvalue weighted by atomic mass is 10.3. The van der Waals surface area contributed by atoms with E-state index < -0.39 is 10.0 Å².